The van der Waals surface area contributed by atoms with Gasteiger partial charge in [0.25, 0.3) is 11.8 Å². The number of nitrogens with zero attached hydrogens (tertiary/aromatic N) is 1. The summed E-state index contributed by atoms with van der Waals surface area (Å²) < 4.78 is 11.4. The predicted octanol–water partition coefficient (Wildman–Crippen LogP) is 2.91. The molecule has 2 aromatic rings. The first-order valence-electron chi connectivity index (χ1n) is 7.09. The van der Waals surface area contributed by atoms with E-state index in [1.807, 2.05) is 6.07 Å². The Morgan fingerprint density at radius 1 is 1.12 bits per heavy atom. The SMILES string of the molecule is O=C1NC(=O)N(c2ccc3c(c2)OCO3)C(=O)/C1=C/c1ccc(Br)s1. The van der Waals surface area contributed by atoms with Gasteiger partial charge in [-0.05, 0) is 46.3 Å². The highest BCUT2D eigenvalue weighted by Gasteiger charge is 2.37. The van der Waals surface area contributed by atoms with E-state index in [0.717, 1.165) is 8.69 Å². The number of nitrogens with one attached hydrogen (secondary N) is 1. The van der Waals surface area contributed by atoms with Gasteiger partial charge in [0, 0.05) is 10.9 Å². The average Bonchev–Trinajstić information content (AvgIpc) is 3.19. The number of anilines is 1. The van der Waals surface area contributed by atoms with Gasteiger partial charge >= 0.3 is 6.03 Å². The van der Waals surface area contributed by atoms with Crippen molar-refractivity contribution in [2.24, 2.45) is 0 Å². The second-order valence-electron chi connectivity index (χ2n) is 5.14. The van der Waals surface area contributed by atoms with Gasteiger partial charge in [-0.2, -0.15) is 0 Å². The average molecular weight is 421 g/mol. The molecule has 1 saturated heterocycles. The van der Waals surface area contributed by atoms with Gasteiger partial charge in [-0.3, -0.25) is 14.9 Å². The molecule has 0 spiro atoms. The number of carbonyl (C=O) groups excluding carboxylic acids is 3. The smallest absolute Gasteiger partial charge is 0.335 e. The topological polar surface area (TPSA) is 84.9 Å². The molecule has 2 aliphatic rings. The van der Waals surface area contributed by atoms with Crippen LogP contribution in [0, 0.1) is 0 Å². The summed E-state index contributed by atoms with van der Waals surface area (Å²) in [4.78, 5) is 38.6. The number of imide groups is 2. The summed E-state index contributed by atoms with van der Waals surface area (Å²) in [5.41, 5.74) is 0.170. The van der Waals surface area contributed by atoms with Crippen molar-refractivity contribution in [1.82, 2.24) is 5.32 Å². The summed E-state index contributed by atoms with van der Waals surface area (Å²) in [7, 11) is 0. The Hall–Kier alpha value is -2.65. The van der Waals surface area contributed by atoms with E-state index in [0.29, 0.717) is 16.4 Å². The van der Waals surface area contributed by atoms with Crippen molar-refractivity contribution < 1.29 is 23.9 Å². The zero-order valence-electron chi connectivity index (χ0n) is 12.4. The van der Waals surface area contributed by atoms with E-state index in [4.69, 9.17) is 9.47 Å². The minimum Gasteiger partial charge on any atom is -0.454 e. The number of rotatable bonds is 2. The number of hydrogen-bond donors (Lipinski definition) is 1. The highest BCUT2D eigenvalue weighted by molar-refractivity contribution is 9.11. The minimum atomic E-state index is -0.807. The lowest BCUT2D eigenvalue weighted by Crippen LogP contribution is -2.54. The zero-order chi connectivity index (χ0) is 17.6. The van der Waals surface area contributed by atoms with Crippen LogP contribution >= 0.6 is 27.3 Å². The largest absolute Gasteiger partial charge is 0.454 e. The van der Waals surface area contributed by atoms with Gasteiger partial charge in [-0.25, -0.2) is 9.69 Å². The van der Waals surface area contributed by atoms with Crippen molar-refractivity contribution in [3.63, 3.8) is 0 Å². The second-order valence-corrected chi connectivity index (χ2v) is 7.63. The third kappa shape index (κ3) is 2.81. The quantitative estimate of drug-likeness (QED) is 0.596. The monoisotopic (exact) mass is 420 g/mol. The van der Waals surface area contributed by atoms with Crippen molar-refractivity contribution in [1.29, 1.82) is 0 Å². The highest BCUT2D eigenvalue weighted by atomic mass is 79.9. The maximum atomic E-state index is 12.8. The van der Waals surface area contributed by atoms with E-state index < -0.39 is 17.8 Å². The molecule has 2 aliphatic heterocycles. The van der Waals surface area contributed by atoms with Crippen LogP contribution in [-0.2, 0) is 9.59 Å². The first kappa shape index (κ1) is 15.9. The van der Waals surface area contributed by atoms with Crippen molar-refractivity contribution in [3.05, 3.63) is 44.6 Å². The first-order valence-corrected chi connectivity index (χ1v) is 8.70. The molecule has 126 valence electrons. The second kappa shape index (κ2) is 6.01. The van der Waals surface area contributed by atoms with Gasteiger partial charge in [-0.15, -0.1) is 11.3 Å². The van der Waals surface area contributed by atoms with Crippen LogP contribution in [0.15, 0.2) is 39.7 Å². The van der Waals surface area contributed by atoms with Crippen molar-refractivity contribution >= 4 is 56.9 Å². The predicted molar refractivity (Wildman–Crippen MR) is 93.6 cm³/mol. The maximum absolute atomic E-state index is 12.8. The highest BCUT2D eigenvalue weighted by Crippen LogP contribution is 2.36. The first-order chi connectivity index (χ1) is 12.0. The molecule has 0 aliphatic carbocycles. The lowest BCUT2D eigenvalue weighted by molar-refractivity contribution is -0.122. The van der Waals surface area contributed by atoms with Gasteiger partial charge in [0.2, 0.25) is 6.79 Å². The summed E-state index contributed by atoms with van der Waals surface area (Å²) >= 11 is 4.70. The van der Waals surface area contributed by atoms with Crippen LogP contribution < -0.4 is 19.7 Å². The van der Waals surface area contributed by atoms with Crippen LogP contribution in [0.4, 0.5) is 10.5 Å². The van der Waals surface area contributed by atoms with E-state index in [1.54, 1.807) is 18.2 Å². The molecule has 3 heterocycles. The Balaban J connectivity index is 1.72. The molecule has 1 fully saturated rings. The van der Waals surface area contributed by atoms with Crippen LogP contribution in [0.5, 0.6) is 11.5 Å². The maximum Gasteiger partial charge on any atom is 0.335 e. The number of amides is 4. The van der Waals surface area contributed by atoms with Crippen LogP contribution in [0.3, 0.4) is 0 Å². The molecule has 7 nitrogen and oxygen atoms in total. The van der Waals surface area contributed by atoms with Crippen molar-refractivity contribution in [3.8, 4) is 11.5 Å². The number of carbonyl (C=O) groups is 3. The molecule has 0 saturated carbocycles. The van der Waals surface area contributed by atoms with Crippen LogP contribution in [0.1, 0.15) is 4.88 Å². The third-order valence-corrected chi connectivity index (χ3v) is 5.17. The Kier molecular flexibility index (Phi) is 3.81. The number of thiophene rings is 1. The number of halogens is 1. The molecule has 4 amide bonds. The Bertz CT molecular complexity index is 952. The van der Waals surface area contributed by atoms with Gasteiger partial charge in [-0.1, -0.05) is 0 Å². The Morgan fingerprint density at radius 2 is 1.92 bits per heavy atom. The lowest BCUT2D eigenvalue weighted by Gasteiger charge is -2.26. The molecule has 1 aromatic heterocycles. The molecule has 25 heavy (non-hydrogen) atoms. The van der Waals surface area contributed by atoms with Crippen LogP contribution in [0.25, 0.3) is 6.08 Å². The van der Waals surface area contributed by atoms with E-state index in [2.05, 4.69) is 21.2 Å². The fraction of sp³-hybridized carbons (Fsp3) is 0.0625. The molecule has 0 radical (unpaired) electrons. The Labute approximate surface area is 154 Å². The summed E-state index contributed by atoms with van der Waals surface area (Å²) in [6.07, 6.45) is 1.46. The number of barbiturate groups is 1. The number of urea groups is 1. The molecule has 0 bridgehead atoms. The molecular formula is C16H9BrN2O5S. The fourth-order valence-corrected chi connectivity index (χ4v) is 3.83. The van der Waals surface area contributed by atoms with E-state index in [-0.39, 0.29) is 18.1 Å². The summed E-state index contributed by atoms with van der Waals surface area (Å²) in [6.45, 7) is 0.0792. The molecule has 0 atom stereocenters. The minimum absolute atomic E-state index is 0.0792. The number of ether oxygens (including phenoxy) is 2. The number of hydrogen-bond acceptors (Lipinski definition) is 6. The van der Waals surface area contributed by atoms with Crippen LogP contribution in [0.2, 0.25) is 0 Å². The van der Waals surface area contributed by atoms with E-state index in [1.165, 1.54) is 23.5 Å². The van der Waals surface area contributed by atoms with Gasteiger partial charge in [0.05, 0.1) is 9.47 Å². The summed E-state index contributed by atoms with van der Waals surface area (Å²) in [5, 5.41) is 2.18. The van der Waals surface area contributed by atoms with Gasteiger partial charge < -0.3 is 9.47 Å². The normalized spacial score (nSPS) is 18.0. The van der Waals surface area contributed by atoms with E-state index in [9.17, 15) is 14.4 Å². The summed E-state index contributed by atoms with van der Waals surface area (Å²) in [6, 6.07) is 7.45. The summed E-state index contributed by atoms with van der Waals surface area (Å²) in [5.74, 6) is -0.458. The Morgan fingerprint density at radius 3 is 2.68 bits per heavy atom. The number of benzene rings is 1. The molecule has 1 N–H and O–H groups in total. The van der Waals surface area contributed by atoms with Crippen LogP contribution in [-0.4, -0.2) is 24.6 Å². The lowest BCUT2D eigenvalue weighted by atomic mass is 10.1. The molecule has 4 rings (SSSR count). The number of fused-ring (bicyclic) bond motifs is 1. The fourth-order valence-electron chi connectivity index (χ4n) is 2.46. The van der Waals surface area contributed by atoms with E-state index >= 15 is 0 Å². The zero-order valence-corrected chi connectivity index (χ0v) is 14.8. The van der Waals surface area contributed by atoms with Crippen molar-refractivity contribution in [2.75, 3.05) is 11.7 Å². The molecule has 0 unspecified atom stereocenters. The third-order valence-electron chi connectivity index (χ3n) is 3.60. The van der Waals surface area contributed by atoms with Gasteiger partial charge in [0.15, 0.2) is 11.5 Å². The van der Waals surface area contributed by atoms with Gasteiger partial charge in [0.1, 0.15) is 5.57 Å². The molecule has 9 heteroatoms. The van der Waals surface area contributed by atoms with Crippen molar-refractivity contribution in [2.45, 2.75) is 0 Å². The molecular weight excluding hydrogens is 412 g/mol. The molecule has 1 aromatic carbocycles. The standard InChI is InChI=1S/C16H9BrN2O5S/c17-13-4-2-9(25-13)6-10-14(20)18-16(22)19(15(10)21)8-1-3-11-12(5-8)24-7-23-11/h1-6H,7H2,(H,18,20,22)/b10-6+.